The topological polar surface area (TPSA) is 32.6 Å². The third-order valence-electron chi connectivity index (χ3n) is 3.34. The van der Waals surface area contributed by atoms with Crippen molar-refractivity contribution < 1.29 is 5.21 Å². The molecule has 2 fully saturated rings. The number of hydrogen-bond donors (Lipinski definition) is 1. The zero-order valence-electron chi connectivity index (χ0n) is 7.40. The minimum atomic E-state index is 0.514. The monoisotopic (exact) mass is 165 g/mol. The summed E-state index contributed by atoms with van der Waals surface area (Å²) in [4.78, 5) is 0. The summed E-state index contributed by atoms with van der Waals surface area (Å²) >= 11 is 0. The van der Waals surface area contributed by atoms with Crippen molar-refractivity contribution in [3.63, 3.8) is 0 Å². The van der Waals surface area contributed by atoms with Gasteiger partial charge in [0.2, 0.25) is 0 Å². The Kier molecular flexibility index (Phi) is 1.91. The molecule has 2 heteroatoms. The van der Waals surface area contributed by atoms with Gasteiger partial charge in [-0.1, -0.05) is 11.6 Å². The second kappa shape index (κ2) is 2.92. The van der Waals surface area contributed by atoms with Gasteiger partial charge in [0.1, 0.15) is 0 Å². The lowest BCUT2D eigenvalue weighted by molar-refractivity contribution is 0.315. The van der Waals surface area contributed by atoms with E-state index in [2.05, 4.69) is 18.2 Å². The Bertz CT molecular complexity index is 230. The molecule has 0 aromatic heterocycles. The van der Waals surface area contributed by atoms with Crippen molar-refractivity contribution in [2.75, 3.05) is 0 Å². The third-order valence-corrected chi connectivity index (χ3v) is 3.34. The molecule has 66 valence electrons. The average molecular weight is 165 g/mol. The van der Waals surface area contributed by atoms with E-state index in [4.69, 9.17) is 5.21 Å². The molecule has 0 saturated heterocycles. The van der Waals surface area contributed by atoms with Crippen LogP contribution in [-0.2, 0) is 0 Å². The van der Waals surface area contributed by atoms with Crippen LogP contribution in [0, 0.1) is 17.8 Å². The fourth-order valence-electron chi connectivity index (χ4n) is 2.84. The van der Waals surface area contributed by atoms with Crippen molar-refractivity contribution in [1.82, 2.24) is 0 Å². The van der Waals surface area contributed by atoms with Gasteiger partial charge in [0, 0.05) is 12.1 Å². The lowest BCUT2D eigenvalue weighted by atomic mass is 9.85. The molecule has 2 aliphatic carbocycles. The predicted molar refractivity (Wildman–Crippen MR) is 48.4 cm³/mol. The van der Waals surface area contributed by atoms with Crippen LogP contribution in [0.4, 0.5) is 0 Å². The molecule has 12 heavy (non-hydrogen) atoms. The fraction of sp³-hybridized carbons (Fsp3) is 0.700. The van der Waals surface area contributed by atoms with Gasteiger partial charge in [-0.3, -0.25) is 0 Å². The Hall–Kier alpha value is -0.790. The molecule has 2 rings (SSSR count). The van der Waals surface area contributed by atoms with Gasteiger partial charge >= 0.3 is 0 Å². The molecule has 2 nitrogen and oxygen atoms in total. The predicted octanol–water partition coefficient (Wildman–Crippen LogP) is 2.44. The van der Waals surface area contributed by atoms with Crippen molar-refractivity contribution in [2.24, 2.45) is 22.9 Å². The maximum absolute atomic E-state index is 8.46. The summed E-state index contributed by atoms with van der Waals surface area (Å²) in [5, 5.41) is 11.6. The quantitative estimate of drug-likeness (QED) is 0.275. The molecule has 0 aliphatic heterocycles. The molecule has 0 aromatic rings. The summed E-state index contributed by atoms with van der Waals surface area (Å²) in [5.41, 5.74) is 1.58. The molecule has 3 unspecified atom stereocenters. The van der Waals surface area contributed by atoms with Crippen molar-refractivity contribution >= 4 is 6.21 Å². The molecule has 0 spiro atoms. The van der Waals surface area contributed by atoms with Crippen molar-refractivity contribution in [1.29, 1.82) is 0 Å². The van der Waals surface area contributed by atoms with E-state index in [0.717, 1.165) is 5.92 Å². The van der Waals surface area contributed by atoms with Gasteiger partial charge in [-0.05, 0) is 38.0 Å². The first-order valence-electron chi connectivity index (χ1n) is 4.67. The standard InChI is InChI=1S/C10H15NO/c1-2-8-3-7-4-9(6-11-12)10(8)5-7/h2,6-7,9-10,12H,3-5H2,1H3/b8-2+,11-6+. The number of nitrogens with zero attached hydrogens (tertiary/aromatic N) is 1. The molecular weight excluding hydrogens is 150 g/mol. The van der Waals surface area contributed by atoms with E-state index in [1.165, 1.54) is 19.3 Å². The SMILES string of the molecule is C/C=C1\CC2CC(/C=N/O)C1C2. The molecule has 2 saturated carbocycles. The van der Waals surface area contributed by atoms with E-state index >= 15 is 0 Å². The lowest BCUT2D eigenvalue weighted by Gasteiger charge is -2.19. The summed E-state index contributed by atoms with van der Waals surface area (Å²) in [6.07, 6.45) is 7.79. The number of hydrogen-bond acceptors (Lipinski definition) is 2. The van der Waals surface area contributed by atoms with E-state index in [1.54, 1.807) is 11.8 Å². The van der Waals surface area contributed by atoms with E-state index in [1.807, 2.05) is 0 Å². The van der Waals surface area contributed by atoms with Crippen LogP contribution >= 0.6 is 0 Å². The van der Waals surface area contributed by atoms with E-state index in [-0.39, 0.29) is 0 Å². The summed E-state index contributed by atoms with van der Waals surface area (Å²) in [7, 11) is 0. The van der Waals surface area contributed by atoms with Crippen molar-refractivity contribution in [3.8, 4) is 0 Å². The minimum Gasteiger partial charge on any atom is -0.411 e. The van der Waals surface area contributed by atoms with E-state index < -0.39 is 0 Å². The minimum absolute atomic E-state index is 0.514. The highest BCUT2D eigenvalue weighted by atomic mass is 16.4. The summed E-state index contributed by atoms with van der Waals surface area (Å²) in [6.45, 7) is 2.11. The fourth-order valence-corrected chi connectivity index (χ4v) is 2.84. The Labute approximate surface area is 73.0 Å². The van der Waals surface area contributed by atoms with Crippen molar-refractivity contribution in [3.05, 3.63) is 11.6 Å². The Morgan fingerprint density at radius 3 is 2.92 bits per heavy atom. The van der Waals surface area contributed by atoms with Crippen LogP contribution in [0.3, 0.4) is 0 Å². The first-order valence-corrected chi connectivity index (χ1v) is 4.67. The number of allylic oxidation sites excluding steroid dienone is 2. The van der Waals surface area contributed by atoms with Crippen LogP contribution < -0.4 is 0 Å². The molecule has 3 atom stereocenters. The van der Waals surface area contributed by atoms with Crippen LogP contribution in [0.1, 0.15) is 26.2 Å². The first kappa shape index (κ1) is 7.84. The highest BCUT2D eigenvalue weighted by Crippen LogP contribution is 2.50. The van der Waals surface area contributed by atoms with Gasteiger partial charge in [0.25, 0.3) is 0 Å². The molecular formula is C10H15NO. The molecule has 2 aliphatic rings. The van der Waals surface area contributed by atoms with Crippen molar-refractivity contribution in [2.45, 2.75) is 26.2 Å². The number of fused-ring (bicyclic) bond motifs is 2. The van der Waals surface area contributed by atoms with Gasteiger partial charge in [-0.15, -0.1) is 5.16 Å². The van der Waals surface area contributed by atoms with Crippen LogP contribution in [0.5, 0.6) is 0 Å². The highest BCUT2D eigenvalue weighted by Gasteiger charge is 2.41. The molecule has 0 radical (unpaired) electrons. The molecule has 0 aromatic carbocycles. The smallest absolute Gasteiger partial charge is 0.0472 e. The Morgan fingerprint density at radius 1 is 1.50 bits per heavy atom. The van der Waals surface area contributed by atoms with Gasteiger partial charge < -0.3 is 5.21 Å². The Balaban J connectivity index is 2.14. The van der Waals surface area contributed by atoms with E-state index in [0.29, 0.717) is 11.8 Å². The summed E-state index contributed by atoms with van der Waals surface area (Å²) < 4.78 is 0. The van der Waals surface area contributed by atoms with Gasteiger partial charge in [0.15, 0.2) is 0 Å². The second-order valence-electron chi connectivity index (χ2n) is 3.94. The average Bonchev–Trinajstić information content (AvgIpc) is 2.62. The normalized spacial score (nSPS) is 43.4. The largest absolute Gasteiger partial charge is 0.411 e. The zero-order chi connectivity index (χ0) is 8.55. The molecule has 1 N–H and O–H groups in total. The Morgan fingerprint density at radius 2 is 2.33 bits per heavy atom. The summed E-state index contributed by atoms with van der Waals surface area (Å²) in [5.74, 6) is 2.07. The van der Waals surface area contributed by atoms with Crippen LogP contribution in [-0.4, -0.2) is 11.4 Å². The van der Waals surface area contributed by atoms with Crippen LogP contribution in [0.25, 0.3) is 0 Å². The highest BCUT2D eigenvalue weighted by molar-refractivity contribution is 5.62. The lowest BCUT2D eigenvalue weighted by Crippen LogP contribution is -2.13. The second-order valence-corrected chi connectivity index (χ2v) is 3.94. The molecule has 0 heterocycles. The third kappa shape index (κ3) is 1.06. The maximum atomic E-state index is 8.46. The first-order chi connectivity index (χ1) is 5.85. The van der Waals surface area contributed by atoms with Gasteiger partial charge in [-0.25, -0.2) is 0 Å². The van der Waals surface area contributed by atoms with Crippen LogP contribution in [0.15, 0.2) is 16.8 Å². The van der Waals surface area contributed by atoms with Gasteiger partial charge in [-0.2, -0.15) is 0 Å². The van der Waals surface area contributed by atoms with E-state index in [9.17, 15) is 0 Å². The molecule has 2 bridgehead atoms. The number of oxime groups is 1. The van der Waals surface area contributed by atoms with Crippen LogP contribution in [0.2, 0.25) is 0 Å². The zero-order valence-corrected chi connectivity index (χ0v) is 7.40. The summed E-state index contributed by atoms with van der Waals surface area (Å²) in [6, 6.07) is 0. The number of rotatable bonds is 1. The molecule has 0 amide bonds. The van der Waals surface area contributed by atoms with Gasteiger partial charge in [0.05, 0.1) is 0 Å². The maximum Gasteiger partial charge on any atom is 0.0472 e.